The van der Waals surface area contributed by atoms with Crippen molar-refractivity contribution in [2.24, 2.45) is 0 Å². The second-order valence-electron chi connectivity index (χ2n) is 6.92. The van der Waals surface area contributed by atoms with E-state index in [0.717, 1.165) is 10.8 Å². The van der Waals surface area contributed by atoms with E-state index in [9.17, 15) is 8.42 Å². The van der Waals surface area contributed by atoms with Crippen LogP contribution in [0.25, 0.3) is 16.6 Å². The Morgan fingerprint density at radius 3 is 2.34 bits per heavy atom. The lowest BCUT2D eigenvalue weighted by molar-refractivity contribution is 0.454. The van der Waals surface area contributed by atoms with Crippen LogP contribution in [-0.4, -0.2) is 28.4 Å². The van der Waals surface area contributed by atoms with Gasteiger partial charge in [-0.3, -0.25) is 4.72 Å². The molecule has 0 radical (unpaired) electrons. The highest BCUT2D eigenvalue weighted by Crippen LogP contribution is 2.24. The third kappa shape index (κ3) is 4.14. The molecule has 2 heterocycles. The van der Waals surface area contributed by atoms with Crippen LogP contribution in [0, 0.1) is 0 Å². The molecule has 0 bridgehead atoms. The molecule has 5 aromatic rings. The molecule has 8 nitrogen and oxygen atoms in total. The molecule has 0 unspecified atom stereocenters. The molecule has 0 fully saturated rings. The van der Waals surface area contributed by atoms with Crippen LogP contribution in [0.3, 0.4) is 0 Å². The molecule has 158 valence electrons. The van der Waals surface area contributed by atoms with Crippen molar-refractivity contribution in [1.29, 1.82) is 0 Å². The van der Waals surface area contributed by atoms with Gasteiger partial charge in [0.2, 0.25) is 5.88 Å². The molecule has 32 heavy (non-hydrogen) atoms. The van der Waals surface area contributed by atoms with Gasteiger partial charge in [-0.05, 0) is 59.3 Å². The lowest BCUT2D eigenvalue weighted by Gasteiger charge is -2.10. The molecule has 0 atom stereocenters. The number of ether oxygens (including phenoxy) is 1. The molecule has 3 aromatic carbocycles. The smallest absolute Gasteiger partial charge is 0.261 e. The van der Waals surface area contributed by atoms with Crippen molar-refractivity contribution < 1.29 is 13.2 Å². The van der Waals surface area contributed by atoms with Crippen molar-refractivity contribution >= 4 is 26.5 Å². The van der Waals surface area contributed by atoms with Gasteiger partial charge < -0.3 is 4.74 Å². The molecule has 0 aliphatic carbocycles. The van der Waals surface area contributed by atoms with Gasteiger partial charge in [0.1, 0.15) is 5.75 Å². The highest BCUT2D eigenvalue weighted by Gasteiger charge is 2.15. The first kappa shape index (κ1) is 19.7. The molecule has 0 spiro atoms. The summed E-state index contributed by atoms with van der Waals surface area (Å²) in [6, 6.07) is 24.4. The van der Waals surface area contributed by atoms with Crippen molar-refractivity contribution in [3.8, 4) is 17.4 Å². The Morgan fingerprint density at radius 1 is 0.812 bits per heavy atom. The number of aromatic nitrogens is 4. The summed E-state index contributed by atoms with van der Waals surface area (Å²) in [6.07, 6.45) is 3.42. The minimum atomic E-state index is -3.72. The van der Waals surface area contributed by atoms with Crippen molar-refractivity contribution in [3.05, 3.63) is 97.3 Å². The topological polar surface area (TPSA) is 99.0 Å². The molecule has 2 aromatic heterocycles. The zero-order valence-electron chi connectivity index (χ0n) is 16.7. The maximum atomic E-state index is 12.8. The second kappa shape index (κ2) is 8.12. The molecule has 9 heteroatoms. The first-order chi connectivity index (χ1) is 15.6. The fourth-order valence-electron chi connectivity index (χ4n) is 3.15. The largest absolute Gasteiger partial charge is 0.438 e. The van der Waals surface area contributed by atoms with Gasteiger partial charge in [-0.25, -0.2) is 13.1 Å². The zero-order valence-corrected chi connectivity index (χ0v) is 17.5. The van der Waals surface area contributed by atoms with Crippen LogP contribution in [0.1, 0.15) is 0 Å². The molecule has 0 saturated heterocycles. The predicted molar refractivity (Wildman–Crippen MR) is 120 cm³/mol. The summed E-state index contributed by atoms with van der Waals surface area (Å²) in [4.78, 5) is 0.198. The Hall–Kier alpha value is -4.24. The summed E-state index contributed by atoms with van der Waals surface area (Å²) in [7, 11) is -3.72. The summed E-state index contributed by atoms with van der Waals surface area (Å²) in [5.41, 5.74) is 0.422. The first-order valence-corrected chi connectivity index (χ1v) is 11.2. The maximum Gasteiger partial charge on any atom is 0.261 e. The van der Waals surface area contributed by atoms with Gasteiger partial charge in [-0.2, -0.15) is 5.10 Å². The Bertz CT molecular complexity index is 1470. The molecular weight excluding hydrogens is 426 g/mol. The summed E-state index contributed by atoms with van der Waals surface area (Å²) in [6.45, 7) is 0. The summed E-state index contributed by atoms with van der Waals surface area (Å²) >= 11 is 0. The lowest BCUT2D eigenvalue weighted by Crippen LogP contribution is -2.12. The molecule has 0 amide bonds. The van der Waals surface area contributed by atoms with Crippen LogP contribution < -0.4 is 9.46 Å². The van der Waals surface area contributed by atoms with E-state index in [1.54, 1.807) is 77.7 Å². The Morgan fingerprint density at radius 2 is 1.62 bits per heavy atom. The predicted octanol–water partition coefficient (Wildman–Crippen LogP) is 4.41. The van der Waals surface area contributed by atoms with Gasteiger partial charge in [0.05, 0.1) is 4.90 Å². The Kier molecular flexibility index (Phi) is 5.00. The van der Waals surface area contributed by atoms with Crippen molar-refractivity contribution in [2.45, 2.75) is 4.90 Å². The fraction of sp³-hybridized carbons (Fsp3) is 0. The Labute approximate surface area is 184 Å². The van der Waals surface area contributed by atoms with Crippen LogP contribution in [0.4, 0.5) is 5.69 Å². The van der Waals surface area contributed by atoms with E-state index in [4.69, 9.17) is 4.74 Å². The molecule has 0 aliphatic rings. The summed E-state index contributed by atoms with van der Waals surface area (Å²) in [5, 5.41) is 14.0. The number of sulfonamides is 1. The van der Waals surface area contributed by atoms with Gasteiger partial charge in [-0.15, -0.1) is 10.2 Å². The van der Waals surface area contributed by atoms with Crippen LogP contribution in [0.5, 0.6) is 11.6 Å². The van der Waals surface area contributed by atoms with Crippen LogP contribution >= 0.6 is 0 Å². The highest BCUT2D eigenvalue weighted by molar-refractivity contribution is 7.92. The van der Waals surface area contributed by atoms with E-state index < -0.39 is 10.0 Å². The number of anilines is 1. The summed E-state index contributed by atoms with van der Waals surface area (Å²) < 4.78 is 35.4. The lowest BCUT2D eigenvalue weighted by atomic mass is 10.1. The van der Waals surface area contributed by atoms with Crippen molar-refractivity contribution in [2.75, 3.05) is 4.72 Å². The third-order valence-corrected chi connectivity index (χ3v) is 6.10. The SMILES string of the molecule is O=S(=O)(Nc1ccc(Oc2ccc(-n3cccn3)nn2)cc1)c1ccc2ccccc2c1. The van der Waals surface area contributed by atoms with E-state index in [1.807, 2.05) is 24.3 Å². The van der Waals surface area contributed by atoms with Gasteiger partial charge in [0, 0.05) is 24.1 Å². The number of hydrogen-bond acceptors (Lipinski definition) is 6. The van der Waals surface area contributed by atoms with Gasteiger partial charge in [0.25, 0.3) is 10.0 Å². The molecule has 0 saturated carbocycles. The normalized spacial score (nSPS) is 11.4. The first-order valence-electron chi connectivity index (χ1n) is 9.70. The van der Waals surface area contributed by atoms with Crippen LogP contribution in [-0.2, 0) is 10.0 Å². The molecule has 0 aliphatic heterocycles. The van der Waals surface area contributed by atoms with Crippen molar-refractivity contribution in [1.82, 2.24) is 20.0 Å². The van der Waals surface area contributed by atoms with Gasteiger partial charge in [0.15, 0.2) is 5.82 Å². The van der Waals surface area contributed by atoms with Crippen LogP contribution in [0.2, 0.25) is 0 Å². The second-order valence-corrected chi connectivity index (χ2v) is 8.60. The number of benzene rings is 3. The van der Waals surface area contributed by atoms with E-state index in [-0.39, 0.29) is 4.90 Å². The highest BCUT2D eigenvalue weighted by atomic mass is 32.2. The third-order valence-electron chi connectivity index (χ3n) is 4.73. The number of fused-ring (bicyclic) bond motifs is 1. The maximum absolute atomic E-state index is 12.8. The average molecular weight is 443 g/mol. The Balaban J connectivity index is 1.28. The number of nitrogens with one attached hydrogen (secondary N) is 1. The minimum absolute atomic E-state index is 0.198. The zero-order chi connectivity index (χ0) is 22.0. The van der Waals surface area contributed by atoms with E-state index in [2.05, 4.69) is 20.0 Å². The minimum Gasteiger partial charge on any atom is -0.438 e. The number of rotatable bonds is 6. The van der Waals surface area contributed by atoms with E-state index in [0.29, 0.717) is 23.1 Å². The summed E-state index contributed by atoms with van der Waals surface area (Å²) in [5.74, 6) is 1.38. The molecule has 1 N–H and O–H groups in total. The monoisotopic (exact) mass is 443 g/mol. The quantitative estimate of drug-likeness (QED) is 0.417. The van der Waals surface area contributed by atoms with Crippen LogP contribution in [0.15, 0.2) is 102 Å². The fourth-order valence-corrected chi connectivity index (χ4v) is 4.25. The number of nitrogens with zero attached hydrogens (tertiary/aromatic N) is 4. The average Bonchev–Trinajstić information content (AvgIpc) is 3.35. The van der Waals surface area contributed by atoms with Crippen molar-refractivity contribution in [3.63, 3.8) is 0 Å². The van der Waals surface area contributed by atoms with Gasteiger partial charge in [-0.1, -0.05) is 30.3 Å². The standard InChI is InChI=1S/C23H17N5O3S/c29-32(30,21-11-6-17-4-1-2-5-18(17)16-21)27-19-7-9-20(10-8-19)31-23-13-12-22(25-26-23)28-15-3-14-24-28/h1-16,27H. The number of hydrogen-bond donors (Lipinski definition) is 1. The molecular formula is C23H17N5O3S. The van der Waals surface area contributed by atoms with E-state index in [1.165, 1.54) is 0 Å². The molecule has 5 rings (SSSR count). The van der Waals surface area contributed by atoms with E-state index >= 15 is 0 Å². The van der Waals surface area contributed by atoms with Gasteiger partial charge >= 0.3 is 0 Å².